The van der Waals surface area contributed by atoms with Crippen LogP contribution in [0.15, 0.2) is 47.0 Å². The van der Waals surface area contributed by atoms with Gasteiger partial charge in [0.25, 0.3) is 0 Å². The van der Waals surface area contributed by atoms with Gasteiger partial charge in [-0.2, -0.15) is 0 Å². The summed E-state index contributed by atoms with van der Waals surface area (Å²) in [5, 5.41) is 2.06. The normalized spacial score (nSPS) is 21.1. The second-order valence-electron chi connectivity index (χ2n) is 9.67. The van der Waals surface area contributed by atoms with E-state index < -0.39 is 11.8 Å². The number of rotatable bonds is 3. The smallest absolute Gasteiger partial charge is 0.227 e. The molecular formula is C29H33N2O+. The molecule has 3 heteroatoms. The highest BCUT2D eigenvalue weighted by Crippen LogP contribution is 2.40. The molecule has 2 fully saturated rings. The van der Waals surface area contributed by atoms with Crippen LogP contribution in [0.3, 0.4) is 0 Å². The van der Waals surface area contributed by atoms with Crippen LogP contribution < -0.4 is 4.57 Å². The van der Waals surface area contributed by atoms with Crippen molar-refractivity contribution >= 4 is 22.1 Å². The molecule has 0 aliphatic heterocycles. The summed E-state index contributed by atoms with van der Waals surface area (Å²) in [6.45, 7) is 2.13. The zero-order valence-electron chi connectivity index (χ0n) is 21.2. The molecule has 0 unspecified atom stereocenters. The van der Waals surface area contributed by atoms with Crippen molar-refractivity contribution in [2.24, 2.45) is 7.05 Å². The molecule has 0 spiro atoms. The van der Waals surface area contributed by atoms with E-state index in [0.717, 1.165) is 95.8 Å². The molecule has 0 N–H and O–H groups in total. The van der Waals surface area contributed by atoms with Crippen molar-refractivity contribution < 1.29 is 11.7 Å². The molecule has 4 aromatic rings. The molecule has 0 atom stereocenters. The van der Waals surface area contributed by atoms with Crippen LogP contribution in [0.5, 0.6) is 0 Å². The van der Waals surface area contributed by atoms with Crippen molar-refractivity contribution in [1.82, 2.24) is 4.98 Å². The molecule has 1 aromatic carbocycles. The van der Waals surface area contributed by atoms with Crippen molar-refractivity contribution in [3.63, 3.8) is 0 Å². The first kappa shape index (κ1) is 17.8. The number of aryl methyl sites for hydroxylation is 2. The zero-order valence-corrected chi connectivity index (χ0v) is 19.2. The summed E-state index contributed by atoms with van der Waals surface area (Å²) < 4.78 is 26.7. The van der Waals surface area contributed by atoms with Crippen molar-refractivity contribution in [3.8, 4) is 11.3 Å². The van der Waals surface area contributed by atoms with E-state index >= 15 is 0 Å². The third kappa shape index (κ3) is 3.34. The number of hydrogen-bond acceptors (Lipinski definition) is 2. The van der Waals surface area contributed by atoms with Gasteiger partial charge in [-0.25, -0.2) is 9.55 Å². The molecule has 0 radical (unpaired) electrons. The molecule has 3 nitrogen and oxygen atoms in total. The molecule has 2 saturated carbocycles. The quantitative estimate of drug-likeness (QED) is 0.317. The highest BCUT2D eigenvalue weighted by Gasteiger charge is 2.25. The number of pyridine rings is 2. The minimum atomic E-state index is -0.603. The van der Waals surface area contributed by atoms with E-state index in [-0.39, 0.29) is 0 Å². The van der Waals surface area contributed by atoms with Gasteiger partial charge in [0, 0.05) is 37.2 Å². The standard InChI is InChI=1S/C29H33N2O/c1-19-12-13-23-24-14-15-25(21-10-4-3-5-11-21)30-29(24)32-28(23)27(19)26-18-22(16-17-31(26)2)20-8-6-7-9-20/h12-18,20-21H,3-11H2,1-2H3/q+1/i20D,21D. The number of fused-ring (bicyclic) bond motifs is 3. The molecule has 2 aliphatic rings. The Kier molecular flexibility index (Phi) is 4.47. The monoisotopic (exact) mass is 427 g/mol. The molecule has 2 aliphatic carbocycles. The van der Waals surface area contributed by atoms with Crippen LogP contribution in [-0.4, -0.2) is 4.98 Å². The largest absolute Gasteiger partial charge is 0.437 e. The van der Waals surface area contributed by atoms with Crippen LogP contribution in [-0.2, 0) is 7.05 Å². The van der Waals surface area contributed by atoms with E-state index in [0.29, 0.717) is 5.71 Å². The minimum Gasteiger partial charge on any atom is -0.437 e. The number of benzene rings is 1. The Bertz CT molecular complexity index is 1390. The first-order valence-corrected chi connectivity index (χ1v) is 12.2. The third-order valence-corrected chi connectivity index (χ3v) is 7.56. The Morgan fingerprint density at radius 3 is 2.44 bits per heavy atom. The van der Waals surface area contributed by atoms with Crippen LogP contribution in [0.2, 0.25) is 0 Å². The van der Waals surface area contributed by atoms with E-state index in [1.54, 1.807) is 0 Å². The van der Waals surface area contributed by atoms with E-state index in [9.17, 15) is 0 Å². The minimum absolute atomic E-state index is 0.489. The fourth-order valence-electron chi connectivity index (χ4n) is 5.70. The van der Waals surface area contributed by atoms with E-state index in [4.69, 9.17) is 12.1 Å². The Morgan fingerprint density at radius 1 is 0.906 bits per heavy atom. The fraction of sp³-hybridized carbons (Fsp3) is 0.448. The predicted octanol–water partition coefficient (Wildman–Crippen LogP) is 7.49. The van der Waals surface area contributed by atoms with Crippen LogP contribution in [0.25, 0.3) is 33.3 Å². The van der Waals surface area contributed by atoms with Crippen molar-refractivity contribution in [3.05, 3.63) is 59.4 Å². The number of aromatic nitrogens is 2. The molecule has 6 rings (SSSR count). The summed E-state index contributed by atoms with van der Waals surface area (Å²) in [6.07, 6.45) is 11.3. The summed E-state index contributed by atoms with van der Waals surface area (Å²) >= 11 is 0. The van der Waals surface area contributed by atoms with Crippen molar-refractivity contribution in [2.75, 3.05) is 0 Å². The predicted molar refractivity (Wildman–Crippen MR) is 130 cm³/mol. The Balaban J connectivity index is 1.53. The lowest BCUT2D eigenvalue weighted by Gasteiger charge is -2.20. The fourth-order valence-corrected chi connectivity index (χ4v) is 5.70. The van der Waals surface area contributed by atoms with Gasteiger partial charge >= 0.3 is 0 Å². The molecular weight excluding hydrogens is 392 g/mol. The first-order valence-electron chi connectivity index (χ1n) is 13.2. The average Bonchev–Trinajstić information content (AvgIpc) is 3.44. The molecule has 0 amide bonds. The lowest BCUT2D eigenvalue weighted by Crippen LogP contribution is -2.31. The summed E-state index contributed by atoms with van der Waals surface area (Å²) in [4.78, 5) is 4.90. The maximum Gasteiger partial charge on any atom is 0.227 e. The van der Waals surface area contributed by atoms with Crippen LogP contribution in [0.4, 0.5) is 0 Å². The van der Waals surface area contributed by atoms with Crippen molar-refractivity contribution in [1.29, 1.82) is 0 Å². The summed E-state index contributed by atoms with van der Waals surface area (Å²) in [7, 11) is 2.06. The lowest BCUT2D eigenvalue weighted by molar-refractivity contribution is -0.660. The van der Waals surface area contributed by atoms with Gasteiger partial charge in [-0.15, -0.1) is 0 Å². The molecule has 164 valence electrons. The highest BCUT2D eigenvalue weighted by atomic mass is 16.3. The number of furan rings is 1. The topological polar surface area (TPSA) is 29.9 Å². The maximum atomic E-state index is 9.03. The highest BCUT2D eigenvalue weighted by molar-refractivity contribution is 6.08. The van der Waals surface area contributed by atoms with E-state index in [1.807, 2.05) is 6.07 Å². The number of hydrogen-bond donors (Lipinski definition) is 0. The second kappa shape index (κ2) is 8.03. The van der Waals surface area contributed by atoms with Crippen LogP contribution in [0, 0.1) is 6.92 Å². The molecule has 3 aromatic heterocycles. The van der Waals surface area contributed by atoms with Gasteiger partial charge in [0.1, 0.15) is 7.05 Å². The lowest BCUT2D eigenvalue weighted by atomic mass is 9.86. The first-order chi connectivity index (χ1) is 16.4. The molecule has 32 heavy (non-hydrogen) atoms. The Labute approximate surface area is 193 Å². The second-order valence-corrected chi connectivity index (χ2v) is 9.67. The number of nitrogens with zero attached hydrogens (tertiary/aromatic N) is 2. The molecule has 0 saturated heterocycles. The van der Waals surface area contributed by atoms with Gasteiger partial charge < -0.3 is 4.42 Å². The summed E-state index contributed by atoms with van der Waals surface area (Å²) in [5.74, 6) is -1.09. The average molecular weight is 428 g/mol. The summed E-state index contributed by atoms with van der Waals surface area (Å²) in [5.41, 5.74) is 6.70. The summed E-state index contributed by atoms with van der Waals surface area (Å²) in [6, 6.07) is 12.7. The van der Waals surface area contributed by atoms with E-state index in [2.05, 4.69) is 55.1 Å². The Morgan fingerprint density at radius 2 is 1.62 bits per heavy atom. The van der Waals surface area contributed by atoms with Gasteiger partial charge in [-0.1, -0.05) is 44.2 Å². The third-order valence-electron chi connectivity index (χ3n) is 7.56. The maximum absolute atomic E-state index is 9.03. The van der Waals surface area contributed by atoms with Gasteiger partial charge in [0.15, 0.2) is 11.8 Å². The van der Waals surface area contributed by atoms with Gasteiger partial charge in [0.05, 0.1) is 5.56 Å². The van der Waals surface area contributed by atoms with Gasteiger partial charge in [-0.05, 0) is 61.8 Å². The zero-order chi connectivity index (χ0) is 23.5. The Hall–Kier alpha value is -2.68. The van der Waals surface area contributed by atoms with Crippen LogP contribution in [0.1, 0.15) is 89.1 Å². The van der Waals surface area contributed by atoms with Crippen LogP contribution >= 0.6 is 0 Å². The van der Waals surface area contributed by atoms with Crippen molar-refractivity contribution in [2.45, 2.75) is 76.5 Å². The van der Waals surface area contributed by atoms with Gasteiger partial charge in [0.2, 0.25) is 11.4 Å². The SMILES string of the molecule is [2H]C1(c2cc[n+](C)c(-c3c(C)ccc4c3oc3nc(C5([2H])CCCCC5)ccc34)c2)CCCC1. The molecule has 3 heterocycles. The van der Waals surface area contributed by atoms with E-state index in [1.165, 1.54) is 6.42 Å². The molecule has 0 bridgehead atoms. The van der Waals surface area contributed by atoms with Gasteiger partial charge in [-0.3, -0.25) is 0 Å².